The molecule has 3 N–H and O–H groups in total. The van der Waals surface area contributed by atoms with Gasteiger partial charge in [0.2, 0.25) is 5.91 Å². The predicted molar refractivity (Wildman–Crippen MR) is 99.7 cm³/mol. The second kappa shape index (κ2) is 9.12. The van der Waals surface area contributed by atoms with E-state index in [4.69, 9.17) is 4.74 Å². The van der Waals surface area contributed by atoms with Crippen LogP contribution in [0, 0.1) is 6.92 Å². The fourth-order valence-corrected chi connectivity index (χ4v) is 2.40. The Hall–Kier alpha value is -3.23. The fourth-order valence-electron chi connectivity index (χ4n) is 2.40. The van der Waals surface area contributed by atoms with E-state index in [1.165, 1.54) is 25.3 Å². The molecular weight excluding hydrogens is 375 g/mol. The lowest BCUT2D eigenvalue weighted by Gasteiger charge is -2.14. The molecule has 0 bridgehead atoms. The lowest BCUT2D eigenvalue weighted by Crippen LogP contribution is -2.34. The van der Waals surface area contributed by atoms with E-state index >= 15 is 0 Å². The molecule has 9 heteroatoms. The van der Waals surface area contributed by atoms with Crippen LogP contribution in [0.5, 0.6) is 5.75 Å². The number of alkyl halides is 3. The van der Waals surface area contributed by atoms with Crippen molar-refractivity contribution >= 4 is 23.2 Å². The molecule has 0 aliphatic carbocycles. The van der Waals surface area contributed by atoms with Crippen molar-refractivity contribution in [1.29, 1.82) is 0 Å². The number of hydrogen-bond donors (Lipinski definition) is 3. The lowest BCUT2D eigenvalue weighted by molar-refractivity contribution is -0.123. The van der Waals surface area contributed by atoms with E-state index in [9.17, 15) is 22.8 Å². The summed E-state index contributed by atoms with van der Waals surface area (Å²) in [5.41, 5.74) is 1.67. The molecule has 0 spiro atoms. The summed E-state index contributed by atoms with van der Waals surface area (Å²) >= 11 is 0. The molecule has 2 aromatic rings. The van der Waals surface area contributed by atoms with E-state index in [1.54, 1.807) is 18.2 Å². The van der Waals surface area contributed by atoms with Crippen LogP contribution >= 0.6 is 0 Å². The molecule has 0 radical (unpaired) electrons. The molecule has 0 saturated carbocycles. The molecule has 2 amide bonds. The van der Waals surface area contributed by atoms with Crippen molar-refractivity contribution in [3.63, 3.8) is 0 Å². The third kappa shape index (κ3) is 6.19. The smallest absolute Gasteiger partial charge is 0.405 e. The van der Waals surface area contributed by atoms with Crippen LogP contribution in [0.25, 0.3) is 0 Å². The molecule has 0 saturated heterocycles. The van der Waals surface area contributed by atoms with Gasteiger partial charge >= 0.3 is 6.18 Å². The molecule has 0 fully saturated rings. The number of ether oxygens (including phenoxy) is 1. The van der Waals surface area contributed by atoms with Crippen molar-refractivity contribution < 1.29 is 27.5 Å². The van der Waals surface area contributed by atoms with Gasteiger partial charge in [-0.3, -0.25) is 9.59 Å². The highest BCUT2D eigenvalue weighted by Crippen LogP contribution is 2.25. The Labute approximate surface area is 160 Å². The topological polar surface area (TPSA) is 79.5 Å². The third-order valence-corrected chi connectivity index (χ3v) is 3.69. The Morgan fingerprint density at radius 1 is 1.07 bits per heavy atom. The van der Waals surface area contributed by atoms with Crippen LogP contribution < -0.4 is 20.7 Å². The lowest BCUT2D eigenvalue weighted by atomic mass is 10.1. The zero-order chi connectivity index (χ0) is 20.7. The highest BCUT2D eigenvalue weighted by atomic mass is 19.4. The summed E-state index contributed by atoms with van der Waals surface area (Å²) in [7, 11) is 1.48. The Morgan fingerprint density at radius 2 is 1.79 bits per heavy atom. The number of carbonyl (C=O) groups excluding carboxylic acids is 2. The average Bonchev–Trinajstić information content (AvgIpc) is 2.64. The number of carbonyl (C=O) groups is 2. The second-order valence-corrected chi connectivity index (χ2v) is 5.95. The van der Waals surface area contributed by atoms with Gasteiger partial charge in [0, 0.05) is 5.69 Å². The van der Waals surface area contributed by atoms with Gasteiger partial charge in [-0.05, 0) is 36.8 Å². The number of anilines is 2. The van der Waals surface area contributed by atoms with Crippen LogP contribution in [0.4, 0.5) is 24.5 Å². The molecule has 28 heavy (non-hydrogen) atoms. The maximum atomic E-state index is 12.3. The highest BCUT2D eigenvalue weighted by molar-refractivity contribution is 6.01. The molecule has 0 aliphatic rings. The Morgan fingerprint density at radius 3 is 2.46 bits per heavy atom. The van der Waals surface area contributed by atoms with Gasteiger partial charge in [-0.15, -0.1) is 0 Å². The van der Waals surface area contributed by atoms with Gasteiger partial charge in [0.1, 0.15) is 12.3 Å². The minimum atomic E-state index is -4.51. The summed E-state index contributed by atoms with van der Waals surface area (Å²) < 4.78 is 42.1. The van der Waals surface area contributed by atoms with E-state index in [0.717, 1.165) is 5.56 Å². The normalized spacial score (nSPS) is 10.9. The van der Waals surface area contributed by atoms with Crippen molar-refractivity contribution in [2.45, 2.75) is 13.1 Å². The van der Waals surface area contributed by atoms with E-state index in [-0.39, 0.29) is 17.8 Å². The van der Waals surface area contributed by atoms with E-state index < -0.39 is 24.5 Å². The monoisotopic (exact) mass is 395 g/mol. The van der Waals surface area contributed by atoms with Crippen molar-refractivity contribution in [2.24, 2.45) is 0 Å². The Balaban J connectivity index is 2.02. The first kappa shape index (κ1) is 21.1. The van der Waals surface area contributed by atoms with E-state index in [1.807, 2.05) is 18.3 Å². The molecule has 150 valence electrons. The number of nitrogens with one attached hydrogen (secondary N) is 3. The maximum absolute atomic E-state index is 12.3. The average molecular weight is 395 g/mol. The highest BCUT2D eigenvalue weighted by Gasteiger charge is 2.28. The minimum Gasteiger partial charge on any atom is -0.495 e. The summed E-state index contributed by atoms with van der Waals surface area (Å²) in [4.78, 5) is 24.2. The van der Waals surface area contributed by atoms with Gasteiger partial charge < -0.3 is 20.7 Å². The molecule has 0 heterocycles. The number of rotatable bonds is 7. The largest absolute Gasteiger partial charge is 0.495 e. The molecule has 2 aromatic carbocycles. The molecule has 2 rings (SSSR count). The number of methoxy groups -OCH3 is 1. The molecular formula is C19H20F3N3O3. The first-order chi connectivity index (χ1) is 13.2. The van der Waals surface area contributed by atoms with Crippen LogP contribution in [-0.4, -0.2) is 38.2 Å². The minimum absolute atomic E-state index is 0.00712. The third-order valence-electron chi connectivity index (χ3n) is 3.69. The van der Waals surface area contributed by atoms with Gasteiger partial charge in [0.15, 0.2) is 0 Å². The summed E-state index contributed by atoms with van der Waals surface area (Å²) in [5.74, 6) is -0.804. The van der Waals surface area contributed by atoms with Gasteiger partial charge in [-0.25, -0.2) is 0 Å². The van der Waals surface area contributed by atoms with Crippen molar-refractivity contribution in [3.8, 4) is 5.75 Å². The van der Waals surface area contributed by atoms with Gasteiger partial charge in [0.05, 0.1) is 24.9 Å². The summed E-state index contributed by atoms with van der Waals surface area (Å²) in [6.07, 6.45) is -4.51. The maximum Gasteiger partial charge on any atom is 0.405 e. The Bertz CT molecular complexity index is 854. The van der Waals surface area contributed by atoms with E-state index in [0.29, 0.717) is 11.4 Å². The zero-order valence-electron chi connectivity index (χ0n) is 15.3. The fraction of sp³-hybridized carbons (Fsp3) is 0.263. The summed E-state index contributed by atoms with van der Waals surface area (Å²) in [6, 6.07) is 11.3. The van der Waals surface area contributed by atoms with Gasteiger partial charge in [-0.1, -0.05) is 18.2 Å². The number of para-hydroxylation sites is 1. The molecule has 0 unspecified atom stereocenters. The SMILES string of the molecule is COc1ccc(C)cc1NC(=O)CNc1ccccc1C(=O)NCC(F)(F)F. The number of hydrogen-bond acceptors (Lipinski definition) is 4. The number of benzene rings is 2. The van der Waals surface area contributed by atoms with Crippen molar-refractivity contribution in [1.82, 2.24) is 5.32 Å². The predicted octanol–water partition coefficient (Wildman–Crippen LogP) is 3.35. The van der Waals surface area contributed by atoms with Crippen LogP contribution in [0.3, 0.4) is 0 Å². The van der Waals surface area contributed by atoms with Crippen LogP contribution in [-0.2, 0) is 4.79 Å². The van der Waals surface area contributed by atoms with E-state index in [2.05, 4.69) is 10.6 Å². The van der Waals surface area contributed by atoms with Crippen LogP contribution in [0.2, 0.25) is 0 Å². The van der Waals surface area contributed by atoms with Crippen LogP contribution in [0.15, 0.2) is 42.5 Å². The summed E-state index contributed by atoms with van der Waals surface area (Å²) in [6.45, 7) is 0.234. The number of aryl methyl sites for hydroxylation is 1. The quantitative estimate of drug-likeness (QED) is 0.672. The standard InChI is InChI=1S/C19H20F3N3O3/c1-12-7-8-16(28-2)15(9-12)25-17(26)10-23-14-6-4-3-5-13(14)18(27)24-11-19(20,21)22/h3-9,23H,10-11H2,1-2H3,(H,24,27)(H,25,26). The van der Waals surface area contributed by atoms with Gasteiger partial charge in [0.25, 0.3) is 5.91 Å². The molecule has 0 aromatic heterocycles. The van der Waals surface area contributed by atoms with Crippen LogP contribution in [0.1, 0.15) is 15.9 Å². The number of amides is 2. The first-order valence-electron chi connectivity index (χ1n) is 8.32. The zero-order valence-corrected chi connectivity index (χ0v) is 15.3. The second-order valence-electron chi connectivity index (χ2n) is 5.95. The van der Waals surface area contributed by atoms with Gasteiger partial charge in [-0.2, -0.15) is 13.2 Å². The van der Waals surface area contributed by atoms with Crippen molar-refractivity contribution in [3.05, 3.63) is 53.6 Å². The van der Waals surface area contributed by atoms with Crippen molar-refractivity contribution in [2.75, 3.05) is 30.8 Å². The Kier molecular flexibility index (Phi) is 6.86. The first-order valence-corrected chi connectivity index (χ1v) is 8.32. The molecule has 0 aliphatic heterocycles. The molecule has 6 nitrogen and oxygen atoms in total. The number of halogens is 3. The molecule has 0 atom stereocenters. The summed E-state index contributed by atoms with van der Waals surface area (Å²) in [5, 5.41) is 7.27.